The van der Waals surface area contributed by atoms with E-state index in [1.807, 2.05) is 32.0 Å². The van der Waals surface area contributed by atoms with E-state index in [1.165, 1.54) is 7.11 Å². The maximum atomic E-state index is 13.1. The number of hydrogen-bond acceptors (Lipinski definition) is 5. The first-order valence-electron chi connectivity index (χ1n) is 11.2. The number of esters is 1. The SMILES string of the molecule is COC(=O)[C@H](C)NCc1c(C)cc(-c2cccc(NS(=O)(=O)c3cc(C)c(Cl)cc3C)c2)cc1C. The molecule has 0 heterocycles. The van der Waals surface area contributed by atoms with Gasteiger partial charge in [0, 0.05) is 17.3 Å². The fourth-order valence-corrected chi connectivity index (χ4v) is 5.55. The third-order valence-electron chi connectivity index (χ3n) is 6.03. The molecule has 1 atom stereocenters. The summed E-state index contributed by atoms with van der Waals surface area (Å²) in [5.74, 6) is -0.305. The molecule has 0 spiro atoms. The summed E-state index contributed by atoms with van der Waals surface area (Å²) in [7, 11) is -2.41. The molecule has 0 aromatic heterocycles. The number of carbonyl (C=O) groups is 1. The van der Waals surface area contributed by atoms with Crippen LogP contribution in [0.2, 0.25) is 5.02 Å². The summed E-state index contributed by atoms with van der Waals surface area (Å²) >= 11 is 6.14. The molecule has 0 aliphatic heterocycles. The monoisotopic (exact) mass is 514 g/mol. The average Bonchev–Trinajstić information content (AvgIpc) is 2.79. The number of rotatable bonds is 8. The normalized spacial score (nSPS) is 12.3. The van der Waals surface area contributed by atoms with Crippen LogP contribution < -0.4 is 10.0 Å². The first-order chi connectivity index (χ1) is 16.4. The van der Waals surface area contributed by atoms with Crippen LogP contribution in [-0.2, 0) is 26.1 Å². The van der Waals surface area contributed by atoms with E-state index in [9.17, 15) is 13.2 Å². The van der Waals surface area contributed by atoms with Crippen molar-refractivity contribution >= 4 is 33.3 Å². The Morgan fingerprint density at radius 1 is 0.943 bits per heavy atom. The van der Waals surface area contributed by atoms with Gasteiger partial charge in [-0.25, -0.2) is 8.42 Å². The molecule has 35 heavy (non-hydrogen) atoms. The highest BCUT2D eigenvalue weighted by Gasteiger charge is 2.19. The van der Waals surface area contributed by atoms with Crippen molar-refractivity contribution < 1.29 is 17.9 Å². The molecule has 8 heteroatoms. The van der Waals surface area contributed by atoms with Crippen molar-refractivity contribution in [1.29, 1.82) is 0 Å². The molecular formula is C27H31ClN2O4S. The van der Waals surface area contributed by atoms with Crippen molar-refractivity contribution in [2.75, 3.05) is 11.8 Å². The lowest BCUT2D eigenvalue weighted by Crippen LogP contribution is -2.34. The van der Waals surface area contributed by atoms with Crippen LogP contribution in [0, 0.1) is 27.7 Å². The number of sulfonamides is 1. The number of carbonyl (C=O) groups excluding carboxylic acids is 1. The molecule has 6 nitrogen and oxygen atoms in total. The first kappa shape index (κ1) is 26.7. The predicted octanol–water partition coefficient (Wildman–Crippen LogP) is 5.69. The number of aryl methyl sites for hydroxylation is 4. The molecule has 2 N–H and O–H groups in total. The van der Waals surface area contributed by atoms with E-state index in [2.05, 4.69) is 22.2 Å². The number of ether oxygens (including phenoxy) is 1. The molecule has 3 aromatic rings. The van der Waals surface area contributed by atoms with Crippen LogP contribution in [0.4, 0.5) is 5.69 Å². The van der Waals surface area contributed by atoms with Gasteiger partial charge in [-0.05, 0) is 97.8 Å². The Bertz CT molecular complexity index is 1350. The lowest BCUT2D eigenvalue weighted by atomic mass is 9.95. The van der Waals surface area contributed by atoms with Crippen LogP contribution in [0.5, 0.6) is 0 Å². The van der Waals surface area contributed by atoms with E-state index in [0.717, 1.165) is 27.8 Å². The lowest BCUT2D eigenvalue weighted by Gasteiger charge is -2.17. The molecule has 0 radical (unpaired) electrons. The molecule has 186 valence electrons. The summed E-state index contributed by atoms with van der Waals surface area (Å²) in [5.41, 5.74) is 6.88. The van der Waals surface area contributed by atoms with E-state index in [4.69, 9.17) is 16.3 Å². The second-order valence-corrected chi connectivity index (χ2v) is 10.8. The van der Waals surface area contributed by atoms with Gasteiger partial charge in [0.1, 0.15) is 6.04 Å². The molecule has 0 saturated heterocycles. The van der Waals surface area contributed by atoms with E-state index in [1.54, 1.807) is 39.0 Å². The van der Waals surface area contributed by atoms with Crippen LogP contribution in [-0.4, -0.2) is 27.5 Å². The van der Waals surface area contributed by atoms with E-state index in [-0.39, 0.29) is 10.9 Å². The van der Waals surface area contributed by atoms with Crippen LogP contribution in [0.3, 0.4) is 0 Å². The van der Waals surface area contributed by atoms with Crippen LogP contribution >= 0.6 is 11.6 Å². The predicted molar refractivity (Wildman–Crippen MR) is 141 cm³/mol. The molecule has 0 bridgehead atoms. The maximum Gasteiger partial charge on any atom is 0.322 e. The largest absolute Gasteiger partial charge is 0.468 e. The van der Waals surface area contributed by atoms with Gasteiger partial charge in [-0.1, -0.05) is 35.9 Å². The Kier molecular flexibility index (Phi) is 8.26. The van der Waals surface area contributed by atoms with E-state index in [0.29, 0.717) is 28.4 Å². The topological polar surface area (TPSA) is 84.5 Å². The second-order valence-electron chi connectivity index (χ2n) is 8.77. The van der Waals surface area contributed by atoms with Gasteiger partial charge in [-0.2, -0.15) is 0 Å². The van der Waals surface area contributed by atoms with Gasteiger partial charge >= 0.3 is 5.97 Å². The number of methoxy groups -OCH3 is 1. The summed E-state index contributed by atoms with van der Waals surface area (Å²) in [5, 5.41) is 3.73. The minimum Gasteiger partial charge on any atom is -0.468 e. The third kappa shape index (κ3) is 6.23. The summed E-state index contributed by atoms with van der Waals surface area (Å²) in [6.07, 6.45) is 0. The summed E-state index contributed by atoms with van der Waals surface area (Å²) < 4.78 is 33.6. The quantitative estimate of drug-likeness (QED) is 0.377. The molecule has 0 saturated carbocycles. The zero-order chi connectivity index (χ0) is 25.9. The third-order valence-corrected chi connectivity index (χ3v) is 7.96. The van der Waals surface area contributed by atoms with Crippen molar-refractivity contribution in [1.82, 2.24) is 5.32 Å². The number of hydrogen-bond donors (Lipinski definition) is 2. The number of benzene rings is 3. The molecule has 0 aliphatic rings. The second kappa shape index (κ2) is 10.8. The van der Waals surface area contributed by atoms with Crippen molar-refractivity contribution in [2.45, 2.75) is 52.1 Å². The van der Waals surface area contributed by atoms with E-state index >= 15 is 0 Å². The van der Waals surface area contributed by atoms with Crippen LogP contribution in [0.15, 0.2) is 53.4 Å². The van der Waals surface area contributed by atoms with Crippen LogP contribution in [0.1, 0.15) is 34.7 Å². The Labute approximate surface area is 212 Å². The summed E-state index contributed by atoms with van der Waals surface area (Å²) in [4.78, 5) is 11.9. The van der Waals surface area contributed by atoms with Gasteiger partial charge in [0.05, 0.1) is 12.0 Å². The standard InChI is InChI=1S/C27H31ClN2O4S/c1-16-10-22(11-17(2)24(16)15-29-20(5)27(31)34-6)21-8-7-9-23(14-21)30-35(32,33)26-13-18(3)25(28)12-19(26)4/h7-14,20,29-30H,15H2,1-6H3/t20-/m0/s1. The molecule has 0 fully saturated rings. The number of halogens is 1. The van der Waals surface area contributed by atoms with Crippen molar-refractivity contribution in [3.63, 3.8) is 0 Å². The van der Waals surface area contributed by atoms with Gasteiger partial charge in [0.2, 0.25) is 0 Å². The Hall–Kier alpha value is -2.87. The molecule has 3 rings (SSSR count). The van der Waals surface area contributed by atoms with Crippen molar-refractivity contribution in [3.8, 4) is 11.1 Å². The molecule has 0 aliphatic carbocycles. The fourth-order valence-electron chi connectivity index (χ4n) is 3.97. The molecular weight excluding hydrogens is 484 g/mol. The average molecular weight is 515 g/mol. The molecule has 0 amide bonds. The minimum absolute atomic E-state index is 0.203. The van der Waals surface area contributed by atoms with Gasteiger partial charge in [0.15, 0.2) is 0 Å². The highest BCUT2D eigenvalue weighted by Crippen LogP contribution is 2.29. The Balaban J connectivity index is 1.86. The maximum absolute atomic E-state index is 13.1. The van der Waals surface area contributed by atoms with Gasteiger partial charge in [0.25, 0.3) is 10.0 Å². The van der Waals surface area contributed by atoms with Crippen LogP contribution in [0.25, 0.3) is 11.1 Å². The summed E-state index contributed by atoms with van der Waals surface area (Å²) in [6, 6.07) is 14.3. The first-order valence-corrected chi connectivity index (χ1v) is 13.1. The van der Waals surface area contributed by atoms with Crippen molar-refractivity contribution in [3.05, 3.63) is 81.4 Å². The molecule has 3 aromatic carbocycles. The smallest absolute Gasteiger partial charge is 0.322 e. The summed E-state index contributed by atoms with van der Waals surface area (Å²) in [6.45, 7) is 9.85. The van der Waals surface area contributed by atoms with E-state index < -0.39 is 16.1 Å². The zero-order valence-electron chi connectivity index (χ0n) is 20.8. The zero-order valence-corrected chi connectivity index (χ0v) is 22.4. The lowest BCUT2D eigenvalue weighted by molar-refractivity contribution is -0.142. The highest BCUT2D eigenvalue weighted by atomic mass is 35.5. The minimum atomic E-state index is -3.78. The van der Waals surface area contributed by atoms with Crippen molar-refractivity contribution in [2.24, 2.45) is 0 Å². The number of anilines is 1. The Morgan fingerprint density at radius 2 is 1.60 bits per heavy atom. The highest BCUT2D eigenvalue weighted by molar-refractivity contribution is 7.92. The van der Waals surface area contributed by atoms with Gasteiger partial charge < -0.3 is 10.1 Å². The number of nitrogens with one attached hydrogen (secondary N) is 2. The fraction of sp³-hybridized carbons (Fsp3) is 0.296. The van der Waals surface area contributed by atoms with Gasteiger partial charge in [-0.15, -0.1) is 0 Å². The Morgan fingerprint density at radius 3 is 2.23 bits per heavy atom. The molecule has 0 unspecified atom stereocenters. The van der Waals surface area contributed by atoms with Gasteiger partial charge in [-0.3, -0.25) is 9.52 Å².